The number of methoxy groups -OCH3 is 1. The van der Waals surface area contributed by atoms with Crippen LogP contribution in [-0.4, -0.2) is 32.0 Å². The van der Waals surface area contributed by atoms with E-state index < -0.39 is 23.1 Å². The molecule has 0 aliphatic heterocycles. The molecule has 0 bridgehead atoms. The van der Waals surface area contributed by atoms with Gasteiger partial charge in [-0.1, -0.05) is 24.3 Å². The average molecular weight is 348 g/mol. The van der Waals surface area contributed by atoms with Crippen molar-refractivity contribution >= 4 is 11.8 Å². The van der Waals surface area contributed by atoms with Crippen molar-refractivity contribution in [2.24, 2.45) is 0 Å². The van der Waals surface area contributed by atoms with Gasteiger partial charge in [0.25, 0.3) is 5.91 Å². The molecule has 5 nitrogen and oxygen atoms in total. The topological polar surface area (TPSA) is 67.4 Å². The minimum Gasteiger partial charge on any atom is -0.496 e. The molecule has 132 valence electrons. The highest BCUT2D eigenvalue weighted by Crippen LogP contribution is 2.17. The molecule has 2 rings (SSSR count). The lowest BCUT2D eigenvalue weighted by molar-refractivity contribution is -0.120. The number of benzene rings is 2. The fourth-order valence-electron chi connectivity index (χ4n) is 2.27. The lowest BCUT2D eigenvalue weighted by atomic mass is 10.1. The molecule has 0 unspecified atom stereocenters. The number of ether oxygens (including phenoxy) is 1. The van der Waals surface area contributed by atoms with Crippen molar-refractivity contribution in [2.75, 3.05) is 20.2 Å². The van der Waals surface area contributed by atoms with E-state index in [0.717, 1.165) is 17.7 Å². The van der Waals surface area contributed by atoms with Crippen molar-refractivity contribution in [1.29, 1.82) is 0 Å². The zero-order chi connectivity index (χ0) is 18.2. The van der Waals surface area contributed by atoms with E-state index in [0.29, 0.717) is 5.75 Å². The molecule has 0 saturated carbocycles. The van der Waals surface area contributed by atoms with Gasteiger partial charge in [0, 0.05) is 18.7 Å². The number of para-hydroxylation sites is 1. The minimum absolute atomic E-state index is 0.0459. The highest BCUT2D eigenvalue weighted by atomic mass is 19.1. The number of hydrogen-bond donors (Lipinski definition) is 2. The van der Waals surface area contributed by atoms with Gasteiger partial charge in [-0.3, -0.25) is 9.59 Å². The lowest BCUT2D eigenvalue weighted by Gasteiger charge is -2.10. The van der Waals surface area contributed by atoms with E-state index in [1.807, 2.05) is 0 Å². The van der Waals surface area contributed by atoms with Gasteiger partial charge in [0.05, 0.1) is 13.5 Å². The van der Waals surface area contributed by atoms with Crippen LogP contribution in [0.1, 0.15) is 15.9 Å². The van der Waals surface area contributed by atoms with E-state index in [1.165, 1.54) is 13.2 Å². The molecule has 2 aromatic carbocycles. The summed E-state index contributed by atoms with van der Waals surface area (Å²) in [5, 5.41) is 4.99. The summed E-state index contributed by atoms with van der Waals surface area (Å²) < 4.78 is 32.1. The second kappa shape index (κ2) is 8.77. The molecule has 0 spiro atoms. The first-order valence-corrected chi connectivity index (χ1v) is 7.63. The smallest absolute Gasteiger partial charge is 0.257 e. The predicted molar refractivity (Wildman–Crippen MR) is 88.4 cm³/mol. The first kappa shape index (κ1) is 18.4. The molecular formula is C18H18F2N2O3. The molecule has 0 aliphatic carbocycles. The zero-order valence-corrected chi connectivity index (χ0v) is 13.6. The highest BCUT2D eigenvalue weighted by molar-refractivity contribution is 5.94. The lowest BCUT2D eigenvalue weighted by Crippen LogP contribution is -2.36. The van der Waals surface area contributed by atoms with Crippen molar-refractivity contribution in [2.45, 2.75) is 6.42 Å². The molecule has 7 heteroatoms. The summed E-state index contributed by atoms with van der Waals surface area (Å²) in [6.45, 7) is 0.181. The van der Waals surface area contributed by atoms with Gasteiger partial charge in [-0.25, -0.2) is 8.78 Å². The first-order chi connectivity index (χ1) is 12.0. The Morgan fingerprint density at radius 2 is 1.60 bits per heavy atom. The summed E-state index contributed by atoms with van der Waals surface area (Å²) in [6, 6.07) is 10.3. The number of carbonyl (C=O) groups is 2. The van der Waals surface area contributed by atoms with Crippen LogP contribution in [0.2, 0.25) is 0 Å². The van der Waals surface area contributed by atoms with Crippen molar-refractivity contribution < 1.29 is 23.1 Å². The third-order valence-corrected chi connectivity index (χ3v) is 3.47. The van der Waals surface area contributed by atoms with Crippen LogP contribution in [0.4, 0.5) is 8.78 Å². The maximum atomic E-state index is 13.5. The SMILES string of the molecule is COc1ccccc1CC(=O)NCCNC(=O)c1c(F)cccc1F. The average Bonchev–Trinajstić information content (AvgIpc) is 2.59. The number of hydrogen-bond acceptors (Lipinski definition) is 3. The van der Waals surface area contributed by atoms with Gasteiger partial charge < -0.3 is 15.4 Å². The van der Waals surface area contributed by atoms with E-state index in [1.54, 1.807) is 24.3 Å². The highest BCUT2D eigenvalue weighted by Gasteiger charge is 2.16. The molecule has 2 N–H and O–H groups in total. The molecule has 0 heterocycles. The third kappa shape index (κ3) is 5.00. The maximum absolute atomic E-state index is 13.5. The van der Waals surface area contributed by atoms with Crippen molar-refractivity contribution in [1.82, 2.24) is 10.6 Å². The number of carbonyl (C=O) groups excluding carboxylic acids is 2. The Hall–Kier alpha value is -2.96. The van der Waals surface area contributed by atoms with Crippen LogP contribution >= 0.6 is 0 Å². The van der Waals surface area contributed by atoms with Crippen LogP contribution in [0.25, 0.3) is 0 Å². The van der Waals surface area contributed by atoms with Crippen molar-refractivity contribution in [3.63, 3.8) is 0 Å². The van der Waals surface area contributed by atoms with Gasteiger partial charge in [0.15, 0.2) is 0 Å². The van der Waals surface area contributed by atoms with Gasteiger partial charge in [-0.2, -0.15) is 0 Å². The van der Waals surface area contributed by atoms with Gasteiger partial charge in [0.1, 0.15) is 22.9 Å². The third-order valence-electron chi connectivity index (χ3n) is 3.47. The Kier molecular flexibility index (Phi) is 6.45. The van der Waals surface area contributed by atoms with E-state index in [2.05, 4.69) is 10.6 Å². The molecule has 2 amide bonds. The standard InChI is InChI=1S/C18H18F2N2O3/c1-25-15-8-3-2-5-12(15)11-16(23)21-9-10-22-18(24)17-13(19)6-4-7-14(17)20/h2-8H,9-11H2,1H3,(H,21,23)(H,22,24). The van der Waals surface area contributed by atoms with Crippen LogP contribution in [-0.2, 0) is 11.2 Å². The van der Waals surface area contributed by atoms with Crippen LogP contribution in [0.5, 0.6) is 5.75 Å². The molecule has 0 atom stereocenters. The van der Waals surface area contributed by atoms with Gasteiger partial charge in [0.2, 0.25) is 5.91 Å². The molecule has 0 radical (unpaired) electrons. The van der Waals surface area contributed by atoms with Crippen molar-refractivity contribution in [3.8, 4) is 5.75 Å². The summed E-state index contributed by atoms with van der Waals surface area (Å²) in [5.74, 6) is -2.37. The van der Waals surface area contributed by atoms with Crippen LogP contribution in [0.3, 0.4) is 0 Å². The second-order valence-corrected chi connectivity index (χ2v) is 5.19. The fourth-order valence-corrected chi connectivity index (χ4v) is 2.27. The Morgan fingerprint density at radius 1 is 0.960 bits per heavy atom. The summed E-state index contributed by atoms with van der Waals surface area (Å²) >= 11 is 0. The zero-order valence-electron chi connectivity index (χ0n) is 13.6. The molecular weight excluding hydrogens is 330 g/mol. The minimum atomic E-state index is -0.933. The number of amides is 2. The number of rotatable bonds is 7. The number of nitrogens with one attached hydrogen (secondary N) is 2. The van der Waals surface area contributed by atoms with E-state index >= 15 is 0 Å². The second-order valence-electron chi connectivity index (χ2n) is 5.19. The summed E-state index contributed by atoms with van der Waals surface area (Å²) in [4.78, 5) is 23.7. The Bertz CT molecular complexity index is 745. The molecule has 0 aromatic heterocycles. The van der Waals surface area contributed by atoms with Crippen LogP contribution in [0, 0.1) is 11.6 Å². The van der Waals surface area contributed by atoms with E-state index in [-0.39, 0.29) is 25.4 Å². The van der Waals surface area contributed by atoms with Crippen LogP contribution in [0.15, 0.2) is 42.5 Å². The van der Waals surface area contributed by atoms with E-state index in [4.69, 9.17) is 4.74 Å². The fraction of sp³-hybridized carbons (Fsp3) is 0.222. The Balaban J connectivity index is 1.79. The van der Waals surface area contributed by atoms with Gasteiger partial charge in [-0.15, -0.1) is 0 Å². The Morgan fingerprint density at radius 3 is 2.28 bits per heavy atom. The van der Waals surface area contributed by atoms with Crippen molar-refractivity contribution in [3.05, 3.63) is 65.2 Å². The molecule has 0 saturated heterocycles. The normalized spacial score (nSPS) is 10.2. The molecule has 25 heavy (non-hydrogen) atoms. The monoisotopic (exact) mass is 348 g/mol. The molecule has 0 aliphatic rings. The van der Waals surface area contributed by atoms with Gasteiger partial charge >= 0.3 is 0 Å². The Labute approximate surface area is 144 Å². The predicted octanol–water partition coefficient (Wildman–Crippen LogP) is 2.06. The van der Waals surface area contributed by atoms with E-state index in [9.17, 15) is 18.4 Å². The maximum Gasteiger partial charge on any atom is 0.257 e. The summed E-state index contributed by atoms with van der Waals surface area (Å²) in [7, 11) is 1.52. The summed E-state index contributed by atoms with van der Waals surface area (Å²) in [6.07, 6.45) is 0.125. The largest absolute Gasteiger partial charge is 0.496 e. The summed E-state index contributed by atoms with van der Waals surface area (Å²) in [5.41, 5.74) is 0.0998. The van der Waals surface area contributed by atoms with Crippen LogP contribution < -0.4 is 15.4 Å². The quantitative estimate of drug-likeness (QED) is 0.753. The number of halogens is 2. The first-order valence-electron chi connectivity index (χ1n) is 7.63. The molecule has 0 fully saturated rings. The molecule has 2 aromatic rings. The van der Waals surface area contributed by atoms with Gasteiger partial charge in [-0.05, 0) is 18.2 Å².